The van der Waals surface area contributed by atoms with Crippen LogP contribution in [0.4, 0.5) is 18.9 Å². The molecular weight excluding hydrogens is 471 g/mol. The van der Waals surface area contributed by atoms with Gasteiger partial charge in [-0.1, -0.05) is 31.4 Å². The van der Waals surface area contributed by atoms with Crippen LogP contribution in [0.25, 0.3) is 0 Å². The molecule has 1 saturated heterocycles. The minimum Gasteiger partial charge on any atom is -0.364 e. The fourth-order valence-electron chi connectivity index (χ4n) is 5.56. The van der Waals surface area contributed by atoms with Crippen LogP contribution in [0.1, 0.15) is 72.0 Å². The topological polar surface area (TPSA) is 69.7 Å². The average Bonchev–Trinajstić information content (AvgIpc) is 3.18. The molecular formula is C27H28F3N3O3. The van der Waals surface area contributed by atoms with Gasteiger partial charge < -0.3 is 9.80 Å². The molecule has 1 unspecified atom stereocenters. The van der Waals surface area contributed by atoms with Gasteiger partial charge in [0, 0.05) is 36.8 Å². The van der Waals surface area contributed by atoms with Gasteiger partial charge >= 0.3 is 6.18 Å². The number of nitrogens with one attached hydrogen (secondary N) is 1. The van der Waals surface area contributed by atoms with Crippen molar-refractivity contribution >= 4 is 23.4 Å². The number of anilines is 1. The van der Waals surface area contributed by atoms with Crippen molar-refractivity contribution < 1.29 is 27.6 Å². The van der Waals surface area contributed by atoms with Crippen molar-refractivity contribution in [2.45, 2.75) is 76.3 Å². The number of carbonyl (C=O) groups excluding carboxylic acids is 3. The molecule has 1 aliphatic carbocycles. The van der Waals surface area contributed by atoms with E-state index in [4.69, 9.17) is 0 Å². The maximum Gasteiger partial charge on any atom is 0.416 e. The number of hydrogen-bond acceptors (Lipinski definition) is 4. The highest BCUT2D eigenvalue weighted by molar-refractivity contribution is 6.05. The molecule has 0 radical (unpaired) electrons. The van der Waals surface area contributed by atoms with Gasteiger partial charge in [0.05, 0.1) is 5.56 Å². The van der Waals surface area contributed by atoms with Crippen LogP contribution in [0.15, 0.2) is 42.5 Å². The SMILES string of the molecule is O=C1CCC(N2Cc3cc(N(Cc4ccc(C(F)(F)F)cc4)C4CCCCC4)ccc3C2=O)C(=O)N1. The summed E-state index contributed by atoms with van der Waals surface area (Å²) in [4.78, 5) is 40.7. The van der Waals surface area contributed by atoms with Gasteiger partial charge in [0.2, 0.25) is 11.8 Å². The summed E-state index contributed by atoms with van der Waals surface area (Å²) in [5.74, 6) is -0.995. The van der Waals surface area contributed by atoms with Crippen LogP contribution in [-0.2, 0) is 28.9 Å². The summed E-state index contributed by atoms with van der Waals surface area (Å²) < 4.78 is 39.1. The van der Waals surface area contributed by atoms with E-state index in [9.17, 15) is 27.6 Å². The van der Waals surface area contributed by atoms with Gasteiger partial charge in [-0.3, -0.25) is 19.7 Å². The molecule has 2 aromatic rings. The van der Waals surface area contributed by atoms with Gasteiger partial charge in [-0.2, -0.15) is 13.2 Å². The summed E-state index contributed by atoms with van der Waals surface area (Å²) in [6, 6.07) is 10.5. The molecule has 2 aliphatic heterocycles. The number of amides is 3. The monoisotopic (exact) mass is 499 g/mol. The average molecular weight is 500 g/mol. The van der Waals surface area contributed by atoms with Gasteiger partial charge in [0.25, 0.3) is 5.91 Å². The molecule has 2 heterocycles. The quantitative estimate of drug-likeness (QED) is 0.600. The van der Waals surface area contributed by atoms with Crippen molar-refractivity contribution in [1.29, 1.82) is 0 Å². The Kier molecular flexibility index (Phi) is 6.49. The van der Waals surface area contributed by atoms with Crippen molar-refractivity contribution in [3.8, 4) is 0 Å². The van der Waals surface area contributed by atoms with E-state index >= 15 is 0 Å². The fraction of sp³-hybridized carbons (Fsp3) is 0.444. The lowest BCUT2D eigenvalue weighted by molar-refractivity contribution is -0.138. The summed E-state index contributed by atoms with van der Waals surface area (Å²) >= 11 is 0. The van der Waals surface area contributed by atoms with E-state index in [2.05, 4.69) is 10.2 Å². The third-order valence-corrected chi connectivity index (χ3v) is 7.49. The summed E-state index contributed by atoms with van der Waals surface area (Å²) in [5.41, 5.74) is 2.39. The zero-order valence-electron chi connectivity index (χ0n) is 19.8. The number of alkyl halides is 3. The Morgan fingerprint density at radius 3 is 2.33 bits per heavy atom. The number of carbonyl (C=O) groups is 3. The molecule has 3 aliphatic rings. The van der Waals surface area contributed by atoms with E-state index in [1.807, 2.05) is 12.1 Å². The number of benzene rings is 2. The van der Waals surface area contributed by atoms with Crippen LogP contribution in [0.3, 0.4) is 0 Å². The van der Waals surface area contributed by atoms with Crippen LogP contribution in [0, 0.1) is 0 Å². The van der Waals surface area contributed by atoms with Crippen LogP contribution < -0.4 is 10.2 Å². The van der Waals surface area contributed by atoms with E-state index in [-0.39, 0.29) is 30.8 Å². The molecule has 5 rings (SSSR count). The summed E-state index contributed by atoms with van der Waals surface area (Å²) in [7, 11) is 0. The van der Waals surface area contributed by atoms with E-state index in [0.29, 0.717) is 18.5 Å². The Labute approximate surface area is 207 Å². The Morgan fingerprint density at radius 2 is 1.67 bits per heavy atom. The fourth-order valence-corrected chi connectivity index (χ4v) is 5.56. The number of nitrogens with zero attached hydrogens (tertiary/aromatic N) is 2. The highest BCUT2D eigenvalue weighted by atomic mass is 19.4. The molecule has 0 bridgehead atoms. The second kappa shape index (κ2) is 9.59. The predicted octanol–water partition coefficient (Wildman–Crippen LogP) is 4.81. The maximum absolute atomic E-state index is 13.1. The molecule has 6 nitrogen and oxygen atoms in total. The maximum atomic E-state index is 13.1. The first kappa shape index (κ1) is 24.3. The Bertz CT molecular complexity index is 1170. The Morgan fingerprint density at radius 1 is 0.944 bits per heavy atom. The zero-order chi connectivity index (χ0) is 25.4. The van der Waals surface area contributed by atoms with E-state index in [1.54, 1.807) is 6.07 Å². The van der Waals surface area contributed by atoms with Crippen molar-refractivity contribution in [2.75, 3.05) is 4.90 Å². The lowest BCUT2D eigenvalue weighted by atomic mass is 9.93. The number of imide groups is 1. The summed E-state index contributed by atoms with van der Waals surface area (Å²) in [5, 5.41) is 2.32. The standard InChI is InChI=1S/C27H28F3N3O3/c28-27(29,30)19-8-6-17(7-9-19)15-32(20-4-2-1-3-5-20)21-10-11-22-18(14-21)16-33(26(22)36)23-12-13-24(34)31-25(23)35/h6-11,14,20,23H,1-5,12-13,15-16H2,(H,31,34,35). The molecule has 1 saturated carbocycles. The first-order valence-electron chi connectivity index (χ1n) is 12.4. The second-order valence-corrected chi connectivity index (χ2v) is 9.86. The highest BCUT2D eigenvalue weighted by Crippen LogP contribution is 2.35. The number of halogens is 3. The minimum atomic E-state index is -4.37. The van der Waals surface area contributed by atoms with Crippen LogP contribution in [0.2, 0.25) is 0 Å². The smallest absolute Gasteiger partial charge is 0.364 e. The Hall–Kier alpha value is -3.36. The molecule has 190 valence electrons. The Balaban J connectivity index is 1.40. The van der Waals surface area contributed by atoms with Crippen molar-refractivity contribution in [1.82, 2.24) is 10.2 Å². The van der Waals surface area contributed by atoms with E-state index < -0.39 is 23.7 Å². The lowest BCUT2D eigenvalue weighted by Gasteiger charge is -2.36. The largest absolute Gasteiger partial charge is 0.416 e. The van der Waals surface area contributed by atoms with Crippen molar-refractivity contribution in [3.63, 3.8) is 0 Å². The summed E-state index contributed by atoms with van der Waals surface area (Å²) in [6.07, 6.45) is 1.50. The molecule has 36 heavy (non-hydrogen) atoms. The van der Waals surface area contributed by atoms with Gasteiger partial charge in [0.1, 0.15) is 6.04 Å². The third-order valence-electron chi connectivity index (χ3n) is 7.49. The predicted molar refractivity (Wildman–Crippen MR) is 127 cm³/mol. The molecule has 2 fully saturated rings. The number of rotatable bonds is 5. The van der Waals surface area contributed by atoms with Crippen LogP contribution >= 0.6 is 0 Å². The molecule has 0 aromatic heterocycles. The number of fused-ring (bicyclic) bond motifs is 1. The normalized spacial score (nSPS) is 20.9. The van der Waals surface area contributed by atoms with Crippen LogP contribution in [-0.4, -0.2) is 34.7 Å². The molecule has 9 heteroatoms. The van der Waals surface area contributed by atoms with Gasteiger partial charge in [-0.05, 0) is 60.7 Å². The first-order valence-corrected chi connectivity index (χ1v) is 12.4. The van der Waals surface area contributed by atoms with Crippen LogP contribution in [0.5, 0.6) is 0 Å². The van der Waals surface area contributed by atoms with Gasteiger partial charge in [-0.15, -0.1) is 0 Å². The second-order valence-electron chi connectivity index (χ2n) is 9.86. The van der Waals surface area contributed by atoms with Gasteiger partial charge in [0.15, 0.2) is 0 Å². The third kappa shape index (κ3) is 4.83. The molecule has 1 N–H and O–H groups in total. The lowest BCUT2D eigenvalue weighted by Crippen LogP contribution is -2.52. The molecule has 0 spiro atoms. The van der Waals surface area contributed by atoms with Crippen molar-refractivity contribution in [2.24, 2.45) is 0 Å². The number of piperidine rings is 1. The molecule has 3 amide bonds. The molecule has 1 atom stereocenters. The van der Waals surface area contributed by atoms with E-state index in [0.717, 1.165) is 54.6 Å². The molecule has 2 aromatic carbocycles. The minimum absolute atomic E-state index is 0.199. The highest BCUT2D eigenvalue weighted by Gasteiger charge is 2.39. The first-order chi connectivity index (χ1) is 17.2. The van der Waals surface area contributed by atoms with Crippen molar-refractivity contribution in [3.05, 3.63) is 64.7 Å². The van der Waals surface area contributed by atoms with Gasteiger partial charge in [-0.25, -0.2) is 0 Å². The number of hydrogen-bond donors (Lipinski definition) is 1. The van der Waals surface area contributed by atoms with E-state index in [1.165, 1.54) is 23.5 Å². The summed E-state index contributed by atoms with van der Waals surface area (Å²) in [6.45, 7) is 0.749. The zero-order valence-corrected chi connectivity index (χ0v) is 19.8.